The van der Waals surface area contributed by atoms with Crippen molar-refractivity contribution in [3.8, 4) is 0 Å². The van der Waals surface area contributed by atoms with Crippen LogP contribution in [0.4, 0.5) is 0 Å². The van der Waals surface area contributed by atoms with E-state index in [0.29, 0.717) is 6.42 Å². The van der Waals surface area contributed by atoms with Crippen LogP contribution in [0.2, 0.25) is 0 Å². The van der Waals surface area contributed by atoms with E-state index in [-0.39, 0.29) is 24.8 Å². The summed E-state index contributed by atoms with van der Waals surface area (Å²) in [6.07, 6.45) is 0.600. The van der Waals surface area contributed by atoms with Crippen LogP contribution in [-0.2, 0) is 23.1 Å². The Hall–Kier alpha value is -2.63. The monoisotopic (exact) mass is 329 g/mol. The number of hydrogen-bond acceptors (Lipinski definition) is 3. The van der Waals surface area contributed by atoms with Gasteiger partial charge in [-0.15, -0.1) is 0 Å². The minimum absolute atomic E-state index is 0.00475. The first-order chi connectivity index (χ1) is 11.4. The second-order valence-electron chi connectivity index (χ2n) is 5.91. The van der Waals surface area contributed by atoms with Crippen molar-refractivity contribution in [1.82, 2.24) is 15.1 Å². The predicted molar refractivity (Wildman–Crippen MR) is 90.6 cm³/mol. The molecule has 2 aromatic rings. The fraction of sp³-hybridized carbons (Fsp3) is 0.389. The summed E-state index contributed by atoms with van der Waals surface area (Å²) in [6, 6.07) is 9.13. The van der Waals surface area contributed by atoms with E-state index in [2.05, 4.69) is 10.4 Å². The molecule has 0 aliphatic carbocycles. The first-order valence-electron chi connectivity index (χ1n) is 7.93. The van der Waals surface area contributed by atoms with Gasteiger partial charge in [0.1, 0.15) is 0 Å². The maximum Gasteiger partial charge on any atom is 0.303 e. The number of amides is 1. The minimum Gasteiger partial charge on any atom is -0.481 e. The number of carbonyl (C=O) groups excluding carboxylic acids is 1. The first-order valence-corrected chi connectivity index (χ1v) is 7.93. The largest absolute Gasteiger partial charge is 0.481 e. The Labute approximate surface area is 141 Å². The zero-order chi connectivity index (χ0) is 17.7. The van der Waals surface area contributed by atoms with Crippen LogP contribution in [0.3, 0.4) is 0 Å². The van der Waals surface area contributed by atoms with Crippen molar-refractivity contribution in [1.29, 1.82) is 0 Å². The molecule has 6 heteroatoms. The molecule has 128 valence electrons. The Kier molecular flexibility index (Phi) is 5.73. The molecule has 0 fully saturated rings. The highest BCUT2D eigenvalue weighted by molar-refractivity contribution is 5.79. The van der Waals surface area contributed by atoms with Crippen LogP contribution in [0, 0.1) is 13.8 Å². The standard InChI is InChI=1S/C18H23N3O3/c1-12-15(13(2)21(3)20-12)11-17(22)19-16(9-10-18(23)24)14-7-5-4-6-8-14/h4-8,16H,9-11H2,1-3H3,(H,19,22)(H,23,24). The first kappa shape index (κ1) is 17.7. The Bertz CT molecular complexity index is 723. The summed E-state index contributed by atoms with van der Waals surface area (Å²) < 4.78 is 1.76. The molecule has 24 heavy (non-hydrogen) atoms. The molecule has 0 spiro atoms. The molecule has 2 N–H and O–H groups in total. The lowest BCUT2D eigenvalue weighted by Crippen LogP contribution is -2.30. The lowest BCUT2D eigenvalue weighted by atomic mass is 10.0. The maximum absolute atomic E-state index is 12.5. The van der Waals surface area contributed by atoms with Crippen molar-refractivity contribution in [2.45, 2.75) is 39.2 Å². The number of hydrogen-bond donors (Lipinski definition) is 2. The number of rotatable bonds is 7. The van der Waals surface area contributed by atoms with Gasteiger partial charge in [-0.25, -0.2) is 0 Å². The van der Waals surface area contributed by atoms with E-state index in [4.69, 9.17) is 5.11 Å². The highest BCUT2D eigenvalue weighted by Crippen LogP contribution is 2.19. The summed E-state index contributed by atoms with van der Waals surface area (Å²) in [6.45, 7) is 3.82. The number of nitrogens with zero attached hydrogens (tertiary/aromatic N) is 2. The van der Waals surface area contributed by atoms with Gasteiger partial charge in [0, 0.05) is 24.7 Å². The zero-order valence-electron chi connectivity index (χ0n) is 14.2. The van der Waals surface area contributed by atoms with Gasteiger partial charge in [0.2, 0.25) is 5.91 Å². The second kappa shape index (κ2) is 7.77. The lowest BCUT2D eigenvalue weighted by molar-refractivity contribution is -0.137. The van der Waals surface area contributed by atoms with E-state index in [0.717, 1.165) is 22.5 Å². The van der Waals surface area contributed by atoms with Gasteiger partial charge in [-0.05, 0) is 25.8 Å². The highest BCUT2D eigenvalue weighted by atomic mass is 16.4. The molecular formula is C18H23N3O3. The lowest BCUT2D eigenvalue weighted by Gasteiger charge is -2.18. The van der Waals surface area contributed by atoms with Gasteiger partial charge in [-0.1, -0.05) is 30.3 Å². The molecule has 0 aliphatic rings. The van der Waals surface area contributed by atoms with E-state index < -0.39 is 5.97 Å². The van der Waals surface area contributed by atoms with E-state index in [1.54, 1.807) is 4.68 Å². The molecule has 1 amide bonds. The summed E-state index contributed by atoms with van der Waals surface area (Å²) in [5.74, 6) is -1.00. The quantitative estimate of drug-likeness (QED) is 0.816. The maximum atomic E-state index is 12.5. The number of aliphatic carboxylic acids is 1. The van der Waals surface area contributed by atoms with Crippen LogP contribution in [-0.4, -0.2) is 26.8 Å². The number of aryl methyl sites for hydroxylation is 2. The molecule has 1 aromatic carbocycles. The van der Waals surface area contributed by atoms with Crippen molar-refractivity contribution >= 4 is 11.9 Å². The molecule has 1 aromatic heterocycles. The highest BCUT2D eigenvalue weighted by Gasteiger charge is 2.18. The van der Waals surface area contributed by atoms with E-state index >= 15 is 0 Å². The van der Waals surface area contributed by atoms with Gasteiger partial charge in [0.25, 0.3) is 0 Å². The number of carbonyl (C=O) groups is 2. The molecule has 2 rings (SSSR count). The van der Waals surface area contributed by atoms with E-state index in [1.165, 1.54) is 0 Å². The van der Waals surface area contributed by atoms with Crippen LogP contribution >= 0.6 is 0 Å². The molecule has 1 heterocycles. The summed E-state index contributed by atoms with van der Waals surface area (Å²) in [5, 5.41) is 16.2. The Morgan fingerprint density at radius 2 is 1.92 bits per heavy atom. The third-order valence-electron chi connectivity index (χ3n) is 4.18. The normalized spacial score (nSPS) is 12.0. The minimum atomic E-state index is -0.871. The van der Waals surface area contributed by atoms with E-state index in [9.17, 15) is 9.59 Å². The average Bonchev–Trinajstić information content (AvgIpc) is 2.78. The molecule has 6 nitrogen and oxygen atoms in total. The fourth-order valence-electron chi connectivity index (χ4n) is 2.75. The van der Waals surface area contributed by atoms with Crippen molar-refractivity contribution in [3.05, 3.63) is 52.8 Å². The smallest absolute Gasteiger partial charge is 0.303 e. The molecule has 1 unspecified atom stereocenters. The van der Waals surface area contributed by atoms with Gasteiger partial charge in [-0.2, -0.15) is 5.10 Å². The van der Waals surface area contributed by atoms with Crippen molar-refractivity contribution in [2.75, 3.05) is 0 Å². The zero-order valence-corrected chi connectivity index (χ0v) is 14.2. The third kappa shape index (κ3) is 4.44. The second-order valence-corrected chi connectivity index (χ2v) is 5.91. The van der Waals surface area contributed by atoms with Gasteiger partial charge >= 0.3 is 5.97 Å². The number of nitrogens with one attached hydrogen (secondary N) is 1. The molecule has 0 saturated carbocycles. The number of aromatic nitrogens is 2. The number of benzene rings is 1. The van der Waals surface area contributed by atoms with E-state index in [1.807, 2.05) is 51.2 Å². The Balaban J connectivity index is 2.10. The van der Waals surface area contributed by atoms with Crippen LogP contribution in [0.25, 0.3) is 0 Å². The molecule has 0 radical (unpaired) electrons. The van der Waals surface area contributed by atoms with Gasteiger partial charge in [-0.3, -0.25) is 14.3 Å². The molecule has 1 atom stereocenters. The summed E-state index contributed by atoms with van der Waals surface area (Å²) in [4.78, 5) is 23.3. The Morgan fingerprint density at radius 1 is 1.25 bits per heavy atom. The summed E-state index contributed by atoms with van der Waals surface area (Å²) in [7, 11) is 1.85. The topological polar surface area (TPSA) is 84.2 Å². The van der Waals surface area contributed by atoms with Crippen LogP contribution in [0.15, 0.2) is 30.3 Å². The molecule has 0 saturated heterocycles. The fourth-order valence-corrected chi connectivity index (χ4v) is 2.75. The molecule has 0 aliphatic heterocycles. The predicted octanol–water partition coefficient (Wildman–Crippen LogP) is 2.30. The van der Waals surface area contributed by atoms with Crippen LogP contribution in [0.1, 0.15) is 41.4 Å². The molecular weight excluding hydrogens is 306 g/mol. The number of carboxylic acids is 1. The average molecular weight is 329 g/mol. The van der Waals surface area contributed by atoms with Crippen molar-refractivity contribution in [3.63, 3.8) is 0 Å². The summed E-state index contributed by atoms with van der Waals surface area (Å²) >= 11 is 0. The Morgan fingerprint density at radius 3 is 2.46 bits per heavy atom. The number of carboxylic acid groups (broad SMARTS) is 1. The van der Waals surface area contributed by atoms with Gasteiger partial charge in [0.15, 0.2) is 0 Å². The SMILES string of the molecule is Cc1nn(C)c(C)c1CC(=O)NC(CCC(=O)O)c1ccccc1. The van der Waals surface area contributed by atoms with Crippen LogP contribution < -0.4 is 5.32 Å². The molecule has 0 bridgehead atoms. The van der Waals surface area contributed by atoms with Crippen LogP contribution in [0.5, 0.6) is 0 Å². The van der Waals surface area contributed by atoms with Gasteiger partial charge in [0.05, 0.1) is 18.2 Å². The van der Waals surface area contributed by atoms with Crippen molar-refractivity contribution < 1.29 is 14.7 Å². The van der Waals surface area contributed by atoms with Gasteiger partial charge < -0.3 is 10.4 Å². The summed E-state index contributed by atoms with van der Waals surface area (Å²) in [5.41, 5.74) is 3.63. The van der Waals surface area contributed by atoms with Crippen molar-refractivity contribution in [2.24, 2.45) is 7.05 Å². The third-order valence-corrected chi connectivity index (χ3v) is 4.18.